The van der Waals surface area contributed by atoms with E-state index in [4.69, 9.17) is 5.73 Å². The van der Waals surface area contributed by atoms with Crippen molar-refractivity contribution in [3.05, 3.63) is 0 Å². The van der Waals surface area contributed by atoms with Crippen molar-refractivity contribution in [3.63, 3.8) is 0 Å². The number of rotatable bonds is 6. The highest BCUT2D eigenvalue weighted by atomic mass is 16.2. The van der Waals surface area contributed by atoms with Crippen LogP contribution >= 0.6 is 0 Å². The molecule has 0 heterocycles. The highest BCUT2D eigenvalue weighted by Gasteiger charge is 2.39. The van der Waals surface area contributed by atoms with E-state index in [1.807, 2.05) is 4.90 Å². The van der Waals surface area contributed by atoms with Gasteiger partial charge in [0.05, 0.1) is 6.54 Å². The average Bonchev–Trinajstić information content (AvgIpc) is 3.24. The van der Waals surface area contributed by atoms with E-state index in [-0.39, 0.29) is 11.4 Å². The summed E-state index contributed by atoms with van der Waals surface area (Å²) in [6.07, 6.45) is 7.16. The minimum atomic E-state index is 0.0380. The molecule has 0 aromatic rings. The van der Waals surface area contributed by atoms with Crippen LogP contribution in [0.1, 0.15) is 52.4 Å². The van der Waals surface area contributed by atoms with Gasteiger partial charge in [-0.3, -0.25) is 9.69 Å². The molecule has 4 nitrogen and oxygen atoms in total. The number of carbonyl (C=O) groups excluding carboxylic acids is 1. The molecule has 0 bridgehead atoms. The lowest BCUT2D eigenvalue weighted by Crippen LogP contribution is -2.57. The molecule has 0 aromatic heterocycles. The second kappa shape index (κ2) is 6.44. The Kier molecular flexibility index (Phi) is 5.08. The second-order valence-electron chi connectivity index (χ2n) is 6.90. The molecule has 0 saturated heterocycles. The highest BCUT2D eigenvalue weighted by Crippen LogP contribution is 2.35. The molecule has 2 N–H and O–H groups in total. The van der Waals surface area contributed by atoms with E-state index < -0.39 is 0 Å². The first-order valence-electron chi connectivity index (χ1n) is 8.23. The van der Waals surface area contributed by atoms with Gasteiger partial charge >= 0.3 is 0 Å². The van der Waals surface area contributed by atoms with E-state index in [9.17, 15) is 4.79 Å². The first kappa shape index (κ1) is 15.8. The molecule has 116 valence electrons. The molecule has 2 aliphatic rings. The van der Waals surface area contributed by atoms with Gasteiger partial charge in [-0.1, -0.05) is 19.8 Å². The van der Waals surface area contributed by atoms with Crippen LogP contribution in [-0.2, 0) is 4.79 Å². The van der Waals surface area contributed by atoms with E-state index in [0.717, 1.165) is 25.3 Å². The molecule has 2 saturated carbocycles. The zero-order valence-electron chi connectivity index (χ0n) is 13.4. The number of hydrogen-bond donors (Lipinski definition) is 1. The summed E-state index contributed by atoms with van der Waals surface area (Å²) in [4.78, 5) is 16.8. The van der Waals surface area contributed by atoms with Crippen molar-refractivity contribution in [1.82, 2.24) is 9.80 Å². The number of hydrogen-bond acceptors (Lipinski definition) is 3. The lowest BCUT2D eigenvalue weighted by Gasteiger charge is -2.46. The minimum absolute atomic E-state index is 0.0380. The Balaban J connectivity index is 1.97. The molecular formula is C16H31N3O. The van der Waals surface area contributed by atoms with Gasteiger partial charge in [-0.25, -0.2) is 0 Å². The van der Waals surface area contributed by atoms with E-state index in [2.05, 4.69) is 25.8 Å². The third-order valence-electron chi connectivity index (χ3n) is 5.28. The predicted molar refractivity (Wildman–Crippen MR) is 82.5 cm³/mol. The van der Waals surface area contributed by atoms with Crippen LogP contribution in [0, 0.1) is 5.92 Å². The first-order valence-corrected chi connectivity index (χ1v) is 8.23. The summed E-state index contributed by atoms with van der Waals surface area (Å²) in [5, 5.41) is 0. The summed E-state index contributed by atoms with van der Waals surface area (Å²) in [5.41, 5.74) is 6.13. The van der Waals surface area contributed by atoms with Gasteiger partial charge in [0.1, 0.15) is 0 Å². The molecule has 2 atom stereocenters. The standard InChI is InChI=1S/C16H31N3O/c1-4-19(14-7-8-14)15(20)11-18(3)16(12-17)9-5-6-13(2)10-16/h13-14H,4-12,17H2,1-3H3. The van der Waals surface area contributed by atoms with Crippen LogP contribution in [0.5, 0.6) is 0 Å². The maximum absolute atomic E-state index is 12.5. The lowest BCUT2D eigenvalue weighted by atomic mass is 9.75. The van der Waals surface area contributed by atoms with Crippen molar-refractivity contribution in [1.29, 1.82) is 0 Å². The summed E-state index contributed by atoms with van der Waals surface area (Å²) in [6, 6.07) is 0.514. The van der Waals surface area contributed by atoms with Crippen LogP contribution in [0.4, 0.5) is 0 Å². The van der Waals surface area contributed by atoms with Gasteiger partial charge in [-0.2, -0.15) is 0 Å². The van der Waals surface area contributed by atoms with Crippen LogP contribution in [0.2, 0.25) is 0 Å². The summed E-state index contributed by atoms with van der Waals surface area (Å²) >= 11 is 0. The second-order valence-corrected chi connectivity index (χ2v) is 6.90. The van der Waals surface area contributed by atoms with Crippen molar-refractivity contribution < 1.29 is 4.79 Å². The maximum atomic E-state index is 12.5. The van der Waals surface area contributed by atoms with Gasteiger partial charge in [0.25, 0.3) is 0 Å². The smallest absolute Gasteiger partial charge is 0.236 e. The fourth-order valence-electron chi connectivity index (χ4n) is 3.81. The third-order valence-corrected chi connectivity index (χ3v) is 5.28. The number of likely N-dealkylation sites (N-methyl/N-ethyl adjacent to an activating group) is 2. The van der Waals surface area contributed by atoms with E-state index >= 15 is 0 Å². The molecule has 0 spiro atoms. The van der Waals surface area contributed by atoms with E-state index in [1.54, 1.807) is 0 Å². The Hall–Kier alpha value is -0.610. The average molecular weight is 281 g/mol. The van der Waals surface area contributed by atoms with Crippen LogP contribution in [0.3, 0.4) is 0 Å². The zero-order chi connectivity index (χ0) is 14.8. The first-order chi connectivity index (χ1) is 9.52. The monoisotopic (exact) mass is 281 g/mol. The van der Waals surface area contributed by atoms with E-state index in [0.29, 0.717) is 19.1 Å². The summed E-state index contributed by atoms with van der Waals surface area (Å²) in [5.74, 6) is 0.999. The maximum Gasteiger partial charge on any atom is 0.236 e. The normalized spacial score (nSPS) is 30.6. The molecule has 0 radical (unpaired) electrons. The Labute approximate surface area is 123 Å². The summed E-state index contributed by atoms with van der Waals surface area (Å²) < 4.78 is 0. The topological polar surface area (TPSA) is 49.6 Å². The Morgan fingerprint density at radius 1 is 1.35 bits per heavy atom. The molecule has 2 fully saturated rings. The van der Waals surface area contributed by atoms with Crippen molar-refractivity contribution in [2.45, 2.75) is 64.0 Å². The third kappa shape index (κ3) is 3.34. The number of carbonyl (C=O) groups is 1. The molecule has 20 heavy (non-hydrogen) atoms. The van der Waals surface area contributed by atoms with Gasteiger partial charge in [-0.05, 0) is 45.6 Å². The van der Waals surface area contributed by atoms with Crippen molar-refractivity contribution in [2.24, 2.45) is 11.7 Å². The molecule has 2 rings (SSSR count). The lowest BCUT2D eigenvalue weighted by molar-refractivity contribution is -0.134. The van der Waals surface area contributed by atoms with Crippen molar-refractivity contribution in [2.75, 3.05) is 26.7 Å². The predicted octanol–water partition coefficient (Wildman–Crippen LogP) is 1.84. The van der Waals surface area contributed by atoms with Gasteiger partial charge in [0.2, 0.25) is 5.91 Å². The van der Waals surface area contributed by atoms with Gasteiger partial charge in [0, 0.05) is 24.7 Å². The fourth-order valence-corrected chi connectivity index (χ4v) is 3.81. The van der Waals surface area contributed by atoms with Crippen molar-refractivity contribution in [3.8, 4) is 0 Å². The minimum Gasteiger partial charge on any atom is -0.339 e. The Morgan fingerprint density at radius 2 is 2.05 bits per heavy atom. The molecule has 2 aliphatic carbocycles. The largest absolute Gasteiger partial charge is 0.339 e. The molecule has 0 aromatic carbocycles. The van der Waals surface area contributed by atoms with Crippen LogP contribution < -0.4 is 5.73 Å². The molecule has 0 aliphatic heterocycles. The highest BCUT2D eigenvalue weighted by molar-refractivity contribution is 5.79. The van der Waals surface area contributed by atoms with Crippen LogP contribution in [-0.4, -0.2) is 54.0 Å². The zero-order valence-corrected chi connectivity index (χ0v) is 13.4. The van der Waals surface area contributed by atoms with Gasteiger partial charge in [0.15, 0.2) is 0 Å². The summed E-state index contributed by atoms with van der Waals surface area (Å²) in [7, 11) is 2.09. The van der Waals surface area contributed by atoms with Crippen LogP contribution in [0.15, 0.2) is 0 Å². The molecule has 4 heteroatoms. The number of amides is 1. The molecule has 1 amide bonds. The van der Waals surface area contributed by atoms with Crippen LogP contribution in [0.25, 0.3) is 0 Å². The summed E-state index contributed by atoms with van der Waals surface area (Å²) in [6.45, 7) is 6.41. The van der Waals surface area contributed by atoms with E-state index in [1.165, 1.54) is 25.7 Å². The Bertz CT molecular complexity index is 343. The van der Waals surface area contributed by atoms with Gasteiger partial charge in [-0.15, -0.1) is 0 Å². The van der Waals surface area contributed by atoms with Crippen molar-refractivity contribution >= 4 is 5.91 Å². The SMILES string of the molecule is CCN(C(=O)CN(C)C1(CN)CCCC(C)C1)C1CC1. The number of nitrogens with two attached hydrogens (primary N) is 1. The fraction of sp³-hybridized carbons (Fsp3) is 0.938. The Morgan fingerprint density at radius 3 is 2.55 bits per heavy atom. The molecule has 2 unspecified atom stereocenters. The van der Waals surface area contributed by atoms with Gasteiger partial charge < -0.3 is 10.6 Å². The quantitative estimate of drug-likeness (QED) is 0.808. The number of nitrogens with zero attached hydrogens (tertiary/aromatic N) is 2. The molecular weight excluding hydrogens is 250 g/mol.